The molecule has 32 heavy (non-hydrogen) atoms. The van der Waals surface area contributed by atoms with E-state index in [9.17, 15) is 13.6 Å². The average Bonchev–Trinajstić information content (AvgIpc) is 3.18. The Balaban J connectivity index is 1.76. The summed E-state index contributed by atoms with van der Waals surface area (Å²) < 4.78 is 37.7. The van der Waals surface area contributed by atoms with Crippen molar-refractivity contribution in [2.24, 2.45) is 0 Å². The number of amides is 1. The van der Waals surface area contributed by atoms with E-state index in [1.165, 1.54) is 0 Å². The second-order valence-electron chi connectivity index (χ2n) is 7.57. The highest BCUT2D eigenvalue weighted by Gasteiger charge is 2.27. The van der Waals surface area contributed by atoms with Crippen LogP contribution in [0.2, 0.25) is 0 Å². The van der Waals surface area contributed by atoms with Gasteiger partial charge in [-0.2, -0.15) is 0 Å². The van der Waals surface area contributed by atoms with Gasteiger partial charge in [-0.05, 0) is 32.9 Å². The Morgan fingerprint density at radius 1 is 1.22 bits per heavy atom. The van der Waals surface area contributed by atoms with Crippen LogP contribution in [0.15, 0.2) is 35.0 Å². The molecule has 1 amide bonds. The SMILES string of the molecule is CCN(C(=O)c1ccc(C)cc1-c1nnc(C)o1)[C@@H](C)COc1ncc(C(C)(F)F)cn1. The highest BCUT2D eigenvalue weighted by Crippen LogP contribution is 2.27. The molecule has 0 N–H and O–H groups in total. The summed E-state index contributed by atoms with van der Waals surface area (Å²) in [6, 6.07) is 5.02. The van der Waals surface area contributed by atoms with Crippen LogP contribution >= 0.6 is 0 Å². The van der Waals surface area contributed by atoms with E-state index >= 15 is 0 Å². The van der Waals surface area contributed by atoms with Gasteiger partial charge in [-0.15, -0.1) is 10.2 Å². The molecule has 1 aromatic carbocycles. The third kappa shape index (κ3) is 5.24. The zero-order valence-corrected chi connectivity index (χ0v) is 18.6. The van der Waals surface area contributed by atoms with Gasteiger partial charge in [-0.3, -0.25) is 4.79 Å². The molecule has 2 heterocycles. The molecule has 0 fully saturated rings. The predicted molar refractivity (Wildman–Crippen MR) is 112 cm³/mol. The molecule has 0 saturated carbocycles. The Morgan fingerprint density at radius 2 is 1.91 bits per heavy atom. The fourth-order valence-corrected chi connectivity index (χ4v) is 3.14. The number of hydrogen-bond donors (Lipinski definition) is 0. The van der Waals surface area contributed by atoms with Crippen LogP contribution in [0.3, 0.4) is 0 Å². The van der Waals surface area contributed by atoms with Gasteiger partial charge in [0.15, 0.2) is 0 Å². The minimum Gasteiger partial charge on any atom is -0.461 e. The van der Waals surface area contributed by atoms with E-state index < -0.39 is 5.92 Å². The van der Waals surface area contributed by atoms with Crippen molar-refractivity contribution in [1.82, 2.24) is 25.1 Å². The fraction of sp³-hybridized carbons (Fsp3) is 0.409. The predicted octanol–water partition coefficient (Wildman–Crippen LogP) is 4.18. The molecular formula is C22H25F2N5O3. The van der Waals surface area contributed by atoms with E-state index in [1.54, 1.807) is 17.9 Å². The molecule has 3 aromatic rings. The summed E-state index contributed by atoms with van der Waals surface area (Å²) in [5.41, 5.74) is 1.64. The number of rotatable bonds is 8. The van der Waals surface area contributed by atoms with Crippen LogP contribution in [0.1, 0.15) is 48.1 Å². The minimum atomic E-state index is -3.03. The molecule has 2 aromatic heterocycles. The zero-order chi connectivity index (χ0) is 23.5. The van der Waals surface area contributed by atoms with E-state index in [-0.39, 0.29) is 36.0 Å². The number of ether oxygens (including phenoxy) is 1. The summed E-state index contributed by atoms with van der Waals surface area (Å²) >= 11 is 0. The van der Waals surface area contributed by atoms with Crippen molar-refractivity contribution in [1.29, 1.82) is 0 Å². The van der Waals surface area contributed by atoms with Crippen LogP contribution in [0.4, 0.5) is 8.78 Å². The van der Waals surface area contributed by atoms with Crippen LogP contribution in [0.5, 0.6) is 6.01 Å². The van der Waals surface area contributed by atoms with Crippen molar-refractivity contribution in [3.63, 3.8) is 0 Å². The second kappa shape index (κ2) is 9.37. The number of aromatic nitrogens is 4. The van der Waals surface area contributed by atoms with Gasteiger partial charge in [-0.25, -0.2) is 18.7 Å². The smallest absolute Gasteiger partial charge is 0.316 e. The maximum absolute atomic E-state index is 13.4. The lowest BCUT2D eigenvalue weighted by molar-refractivity contribution is 0.0165. The van der Waals surface area contributed by atoms with Gasteiger partial charge in [0.25, 0.3) is 11.8 Å². The summed E-state index contributed by atoms with van der Waals surface area (Å²) in [5.74, 6) is -2.58. The largest absolute Gasteiger partial charge is 0.461 e. The van der Waals surface area contributed by atoms with Gasteiger partial charge in [0.1, 0.15) is 6.61 Å². The molecular weight excluding hydrogens is 420 g/mol. The van der Waals surface area contributed by atoms with Gasteiger partial charge >= 0.3 is 6.01 Å². The molecule has 170 valence electrons. The number of carbonyl (C=O) groups excluding carboxylic acids is 1. The van der Waals surface area contributed by atoms with Crippen molar-refractivity contribution in [2.75, 3.05) is 13.2 Å². The number of likely N-dealkylation sites (N-methyl/N-ethyl adjacent to an activating group) is 1. The van der Waals surface area contributed by atoms with Crippen LogP contribution < -0.4 is 4.74 Å². The molecule has 3 rings (SSSR count). The van der Waals surface area contributed by atoms with E-state index in [4.69, 9.17) is 9.15 Å². The molecule has 0 unspecified atom stereocenters. The number of nitrogens with zero attached hydrogens (tertiary/aromatic N) is 5. The van der Waals surface area contributed by atoms with Crippen molar-refractivity contribution >= 4 is 5.91 Å². The normalized spacial score (nSPS) is 12.5. The summed E-state index contributed by atoms with van der Waals surface area (Å²) in [6.45, 7) is 8.54. The lowest BCUT2D eigenvalue weighted by Gasteiger charge is -2.28. The third-order valence-electron chi connectivity index (χ3n) is 4.88. The summed E-state index contributed by atoms with van der Waals surface area (Å²) in [5, 5.41) is 7.90. The number of halogens is 2. The van der Waals surface area contributed by atoms with Crippen LogP contribution in [-0.2, 0) is 5.92 Å². The Labute approximate surface area is 184 Å². The van der Waals surface area contributed by atoms with Crippen LogP contribution in [-0.4, -0.2) is 50.2 Å². The van der Waals surface area contributed by atoms with Crippen molar-refractivity contribution in [2.45, 2.75) is 46.6 Å². The van der Waals surface area contributed by atoms with Crippen LogP contribution in [0.25, 0.3) is 11.5 Å². The third-order valence-corrected chi connectivity index (χ3v) is 4.88. The zero-order valence-electron chi connectivity index (χ0n) is 18.6. The molecule has 10 heteroatoms. The lowest BCUT2D eigenvalue weighted by atomic mass is 10.0. The molecule has 0 bridgehead atoms. The first-order valence-electron chi connectivity index (χ1n) is 10.2. The van der Waals surface area contributed by atoms with E-state index in [1.807, 2.05) is 32.9 Å². The molecule has 0 spiro atoms. The Kier molecular flexibility index (Phi) is 6.81. The number of benzene rings is 1. The molecule has 8 nitrogen and oxygen atoms in total. The molecule has 1 atom stereocenters. The number of hydrogen-bond acceptors (Lipinski definition) is 7. The topological polar surface area (TPSA) is 94.2 Å². The van der Waals surface area contributed by atoms with Crippen molar-refractivity contribution in [3.05, 3.63) is 53.2 Å². The van der Waals surface area contributed by atoms with Gasteiger partial charge in [0, 0.05) is 32.8 Å². The standard InChI is InChI=1S/C22H25F2N5O3/c1-6-29(14(3)12-31-21-25-10-16(11-26-21)22(5,23)24)20(30)17-8-7-13(2)9-18(17)19-28-27-15(4)32-19/h7-11,14H,6,12H2,1-5H3/t14-/m0/s1. The van der Waals surface area contributed by atoms with Gasteiger partial charge in [-0.1, -0.05) is 11.6 Å². The van der Waals surface area contributed by atoms with Gasteiger partial charge in [0.05, 0.1) is 22.7 Å². The summed E-state index contributed by atoms with van der Waals surface area (Å²) in [6.07, 6.45) is 2.06. The number of aryl methyl sites for hydroxylation is 2. The Morgan fingerprint density at radius 3 is 2.47 bits per heavy atom. The number of carbonyl (C=O) groups is 1. The van der Waals surface area contributed by atoms with Gasteiger partial charge < -0.3 is 14.1 Å². The Hall–Kier alpha value is -3.43. The molecule has 0 radical (unpaired) electrons. The summed E-state index contributed by atoms with van der Waals surface area (Å²) in [4.78, 5) is 22.6. The quantitative estimate of drug-likeness (QED) is 0.513. The Bertz CT molecular complexity index is 1080. The van der Waals surface area contributed by atoms with Crippen molar-refractivity contribution < 1.29 is 22.7 Å². The maximum atomic E-state index is 13.4. The minimum absolute atomic E-state index is 0.0364. The first-order valence-corrected chi connectivity index (χ1v) is 10.2. The molecule has 0 aliphatic carbocycles. The van der Waals surface area contributed by atoms with Crippen molar-refractivity contribution in [3.8, 4) is 17.5 Å². The highest BCUT2D eigenvalue weighted by atomic mass is 19.3. The molecule has 0 aliphatic rings. The maximum Gasteiger partial charge on any atom is 0.316 e. The fourth-order valence-electron chi connectivity index (χ4n) is 3.14. The van der Waals surface area contributed by atoms with E-state index in [0.717, 1.165) is 24.9 Å². The summed E-state index contributed by atoms with van der Waals surface area (Å²) in [7, 11) is 0. The first kappa shape index (κ1) is 23.2. The van der Waals surface area contributed by atoms with Gasteiger partial charge in [0.2, 0.25) is 11.8 Å². The first-order chi connectivity index (χ1) is 15.1. The highest BCUT2D eigenvalue weighted by molar-refractivity contribution is 6.00. The average molecular weight is 445 g/mol. The second-order valence-corrected chi connectivity index (χ2v) is 7.57. The molecule has 0 saturated heterocycles. The van der Waals surface area contributed by atoms with Crippen LogP contribution in [0, 0.1) is 13.8 Å². The number of alkyl halides is 2. The van der Waals surface area contributed by atoms with E-state index in [2.05, 4.69) is 20.2 Å². The van der Waals surface area contributed by atoms with E-state index in [0.29, 0.717) is 23.6 Å². The lowest BCUT2D eigenvalue weighted by Crippen LogP contribution is -2.42. The monoisotopic (exact) mass is 445 g/mol. The molecule has 0 aliphatic heterocycles.